The van der Waals surface area contributed by atoms with Crippen LogP contribution in [-0.4, -0.2) is 18.5 Å². The maximum absolute atomic E-state index is 5.59. The van der Waals surface area contributed by atoms with E-state index in [9.17, 15) is 0 Å². The third-order valence-corrected chi connectivity index (χ3v) is 9.20. The average Bonchev–Trinajstić information content (AvgIpc) is 2.98. The summed E-state index contributed by atoms with van der Waals surface area (Å²) in [4.78, 5) is 0. The molecule has 0 heterocycles. The van der Waals surface area contributed by atoms with Crippen LogP contribution in [0.3, 0.4) is 0 Å². The Morgan fingerprint density at radius 2 is 1.40 bits per heavy atom. The topological polar surface area (TPSA) is 12.4 Å². The van der Waals surface area contributed by atoms with Crippen LogP contribution < -0.4 is 0 Å². The zero-order valence-electron chi connectivity index (χ0n) is 16.5. The van der Waals surface area contributed by atoms with Gasteiger partial charge in [-0.2, -0.15) is 0 Å². The highest BCUT2D eigenvalue weighted by atomic mass is 31.2. The van der Waals surface area contributed by atoms with Gasteiger partial charge in [0.2, 0.25) is 0 Å². The molecule has 0 atom stereocenters. The van der Waals surface area contributed by atoms with Gasteiger partial charge >= 0.3 is 0 Å². The second-order valence-electron chi connectivity index (χ2n) is 7.33. The molecule has 0 aromatic carbocycles. The van der Waals surface area contributed by atoms with E-state index in [-0.39, 0.29) is 0 Å². The first-order chi connectivity index (χ1) is 12.2. The molecule has 2 heteroatoms. The van der Waals surface area contributed by atoms with Crippen molar-refractivity contribution in [1.82, 2.24) is 0 Å². The first-order valence-corrected chi connectivity index (χ1v) is 12.6. The van der Waals surface area contributed by atoms with E-state index in [1.165, 1.54) is 73.9 Å². The number of unbranched alkanes of at least 4 members (excludes halogenated alkanes) is 3. The van der Waals surface area contributed by atoms with E-state index < -0.39 is 7.05 Å². The van der Waals surface area contributed by atoms with Gasteiger partial charge in [-0.15, -0.1) is 0 Å². The van der Waals surface area contributed by atoms with Crippen molar-refractivity contribution < 1.29 is 0 Å². The smallest absolute Gasteiger partial charge is 0.0648 e. The molecule has 0 aromatic heterocycles. The molecule has 0 N–H and O–H groups in total. The first kappa shape index (κ1) is 20.2. The van der Waals surface area contributed by atoms with Gasteiger partial charge in [0.15, 0.2) is 0 Å². The molecule has 0 amide bonds. The van der Waals surface area contributed by atoms with Crippen molar-refractivity contribution >= 4 is 7.05 Å². The molecule has 0 radical (unpaired) electrons. The highest BCUT2D eigenvalue weighted by Gasteiger charge is 2.20. The standard InChI is InChI=1S/C23H36NP/c1-4-7-17-25(18-8-5-2,19-9-6-3)24-23-16-12-14-21-13-10-11-15-22(23)20-21/h10-16H,4-9,17-20H2,1-3H3. The van der Waals surface area contributed by atoms with Crippen LogP contribution in [0.2, 0.25) is 0 Å². The van der Waals surface area contributed by atoms with Gasteiger partial charge in [-0.3, -0.25) is 4.74 Å². The lowest BCUT2D eigenvalue weighted by Crippen LogP contribution is -2.03. The highest BCUT2D eigenvalue weighted by Crippen LogP contribution is 2.54. The zero-order chi connectivity index (χ0) is 18.0. The molecule has 0 saturated carbocycles. The summed E-state index contributed by atoms with van der Waals surface area (Å²) >= 11 is 0. The van der Waals surface area contributed by atoms with Gasteiger partial charge in [-0.05, 0) is 68.4 Å². The normalized spacial score (nSPS) is 16.7. The van der Waals surface area contributed by atoms with Crippen molar-refractivity contribution in [2.45, 2.75) is 65.7 Å². The Morgan fingerprint density at radius 1 is 0.800 bits per heavy atom. The Morgan fingerprint density at radius 3 is 2.00 bits per heavy atom. The van der Waals surface area contributed by atoms with E-state index in [1.54, 1.807) is 0 Å². The fraction of sp³-hybridized carbons (Fsp3) is 0.565. The lowest BCUT2D eigenvalue weighted by atomic mass is 10.1. The number of fused-ring (bicyclic) bond motifs is 2. The van der Waals surface area contributed by atoms with Crippen LogP contribution in [0.25, 0.3) is 0 Å². The summed E-state index contributed by atoms with van der Waals surface area (Å²) in [6.45, 7) is 6.95. The molecule has 0 spiro atoms. The predicted molar refractivity (Wildman–Crippen MR) is 116 cm³/mol. The van der Waals surface area contributed by atoms with Crippen molar-refractivity contribution in [3.05, 3.63) is 59.4 Å². The van der Waals surface area contributed by atoms with Crippen molar-refractivity contribution in [2.24, 2.45) is 4.74 Å². The van der Waals surface area contributed by atoms with Crippen LogP contribution in [0.4, 0.5) is 0 Å². The Labute approximate surface area is 155 Å². The van der Waals surface area contributed by atoms with Gasteiger partial charge in [0.25, 0.3) is 0 Å². The maximum atomic E-state index is 5.59. The van der Waals surface area contributed by atoms with Crippen LogP contribution >= 0.6 is 7.05 Å². The van der Waals surface area contributed by atoms with E-state index >= 15 is 0 Å². The number of hydrogen-bond acceptors (Lipinski definition) is 1. The van der Waals surface area contributed by atoms with E-state index in [0.29, 0.717) is 0 Å². The Hall–Kier alpha value is -1.07. The van der Waals surface area contributed by atoms with Crippen LogP contribution in [0.5, 0.6) is 0 Å². The quantitative estimate of drug-likeness (QED) is 0.353. The fourth-order valence-electron chi connectivity index (χ4n) is 3.52. The molecule has 1 nitrogen and oxygen atoms in total. The molecule has 0 unspecified atom stereocenters. The number of rotatable bonds is 10. The second kappa shape index (κ2) is 10.8. The molecule has 25 heavy (non-hydrogen) atoms. The van der Waals surface area contributed by atoms with Gasteiger partial charge < -0.3 is 0 Å². The van der Waals surface area contributed by atoms with Gasteiger partial charge in [0.05, 0.1) is 5.70 Å². The summed E-state index contributed by atoms with van der Waals surface area (Å²) < 4.78 is 5.59. The molecule has 2 rings (SSSR count). The van der Waals surface area contributed by atoms with Gasteiger partial charge in [-0.1, -0.05) is 76.5 Å². The molecule has 0 fully saturated rings. The summed E-state index contributed by atoms with van der Waals surface area (Å²) in [6.07, 6.45) is 28.5. The van der Waals surface area contributed by atoms with Crippen molar-refractivity contribution in [3.63, 3.8) is 0 Å². The van der Waals surface area contributed by atoms with Gasteiger partial charge in [-0.25, -0.2) is 0 Å². The van der Waals surface area contributed by atoms with Crippen LogP contribution in [0, 0.1) is 0 Å². The Balaban J connectivity index is 2.40. The van der Waals surface area contributed by atoms with Gasteiger partial charge in [0.1, 0.15) is 0 Å². The minimum absolute atomic E-state index is 1.02. The summed E-state index contributed by atoms with van der Waals surface area (Å²) in [5, 5.41) is 0. The molecule has 0 saturated heterocycles. The number of allylic oxidation sites excluding steroid dienone is 9. The highest BCUT2D eigenvalue weighted by molar-refractivity contribution is 7.66. The van der Waals surface area contributed by atoms with Crippen molar-refractivity contribution in [1.29, 1.82) is 0 Å². The molecule has 2 bridgehead atoms. The molecular formula is C23H36NP. The molecule has 0 aromatic rings. The van der Waals surface area contributed by atoms with E-state index in [1.807, 2.05) is 0 Å². The number of nitrogens with zero attached hydrogens (tertiary/aromatic N) is 1. The van der Waals surface area contributed by atoms with Gasteiger partial charge in [0, 0.05) is 0 Å². The second-order valence-corrected chi connectivity index (χ2v) is 11.1. The zero-order valence-corrected chi connectivity index (χ0v) is 17.4. The SMILES string of the molecule is CCCCP(CCCC)(CCCC)=NC1=CC=CC2=CC=CC=C1C2. The average molecular weight is 358 g/mol. The molecule has 2 aliphatic carbocycles. The molecule has 2 aliphatic rings. The summed E-state index contributed by atoms with van der Waals surface area (Å²) in [7, 11) is -1.26. The van der Waals surface area contributed by atoms with Crippen LogP contribution in [0.1, 0.15) is 65.7 Å². The van der Waals surface area contributed by atoms with E-state index in [4.69, 9.17) is 4.74 Å². The molecule has 0 aliphatic heterocycles. The fourth-order valence-corrected chi connectivity index (χ4v) is 7.86. The predicted octanol–water partition coefficient (Wildman–Crippen LogP) is 7.85. The lowest BCUT2D eigenvalue weighted by molar-refractivity contribution is 0.839. The Bertz CT molecular complexity index is 600. The van der Waals surface area contributed by atoms with E-state index in [0.717, 1.165) is 6.42 Å². The monoisotopic (exact) mass is 357 g/mol. The largest absolute Gasteiger partial charge is 0.267 e. The first-order valence-electron chi connectivity index (χ1n) is 10.3. The van der Waals surface area contributed by atoms with Crippen molar-refractivity contribution in [3.8, 4) is 0 Å². The number of hydrogen-bond donors (Lipinski definition) is 0. The Kier molecular flexibility index (Phi) is 8.76. The van der Waals surface area contributed by atoms with E-state index in [2.05, 4.69) is 63.3 Å². The third kappa shape index (κ3) is 6.30. The van der Waals surface area contributed by atoms with Crippen molar-refractivity contribution in [2.75, 3.05) is 18.5 Å². The minimum atomic E-state index is -1.26. The maximum Gasteiger partial charge on any atom is 0.0648 e. The van der Waals surface area contributed by atoms with Crippen LogP contribution in [0.15, 0.2) is 64.1 Å². The summed E-state index contributed by atoms with van der Waals surface area (Å²) in [5.41, 5.74) is 4.06. The lowest BCUT2D eigenvalue weighted by Gasteiger charge is -2.26. The van der Waals surface area contributed by atoms with Crippen LogP contribution in [-0.2, 0) is 0 Å². The third-order valence-electron chi connectivity index (χ3n) is 5.11. The summed E-state index contributed by atoms with van der Waals surface area (Å²) in [6, 6.07) is 0. The summed E-state index contributed by atoms with van der Waals surface area (Å²) in [5.74, 6) is 0. The molecular weight excluding hydrogens is 321 g/mol. The molecule has 138 valence electrons. The minimum Gasteiger partial charge on any atom is -0.267 e.